The van der Waals surface area contributed by atoms with Gasteiger partial charge in [-0.2, -0.15) is 0 Å². The highest BCUT2D eigenvalue weighted by Crippen LogP contribution is 2.35. The molecule has 0 atom stereocenters. The Kier molecular flexibility index (Phi) is 6.91. The average molecular weight is 497 g/mol. The quantitative estimate of drug-likeness (QED) is 0.143. The van der Waals surface area contributed by atoms with Crippen LogP contribution in [0.25, 0.3) is 33.9 Å². The molecule has 1 amide bonds. The number of carbonyl (C=O) groups excluding carboxylic acids is 1. The third kappa shape index (κ3) is 5.13. The molecule has 184 valence electrons. The van der Waals surface area contributed by atoms with Gasteiger partial charge in [-0.1, -0.05) is 103 Å². The summed E-state index contributed by atoms with van der Waals surface area (Å²) in [6.07, 6.45) is 2.12. The molecular formula is C33H24N2O3. The van der Waals surface area contributed by atoms with E-state index in [-0.39, 0.29) is 11.3 Å². The van der Waals surface area contributed by atoms with Gasteiger partial charge in [-0.25, -0.2) is 0 Å². The Morgan fingerprint density at radius 2 is 1.24 bits per heavy atom. The van der Waals surface area contributed by atoms with Crippen LogP contribution in [0.4, 0.5) is 5.69 Å². The Hall–Kier alpha value is -5.29. The Bertz CT molecular complexity index is 1600. The molecule has 0 radical (unpaired) electrons. The minimum atomic E-state index is -0.645. The molecule has 5 aromatic rings. The van der Waals surface area contributed by atoms with E-state index in [1.807, 2.05) is 84.9 Å². The third-order valence-electron chi connectivity index (χ3n) is 6.40. The maximum absolute atomic E-state index is 12.2. The first-order valence-corrected chi connectivity index (χ1v) is 12.1. The van der Waals surface area contributed by atoms with Crippen LogP contribution in [0.2, 0.25) is 0 Å². The molecule has 5 heteroatoms. The number of benzene rings is 5. The molecule has 0 aromatic heterocycles. The molecule has 0 bridgehead atoms. The van der Waals surface area contributed by atoms with E-state index >= 15 is 0 Å². The highest BCUT2D eigenvalue weighted by atomic mass is 16.6. The molecule has 2 N–H and O–H groups in total. The van der Waals surface area contributed by atoms with E-state index in [4.69, 9.17) is 5.73 Å². The molecule has 0 saturated carbocycles. The van der Waals surface area contributed by atoms with Crippen molar-refractivity contribution in [2.45, 2.75) is 0 Å². The van der Waals surface area contributed by atoms with Crippen LogP contribution < -0.4 is 5.73 Å². The number of amides is 1. The number of nitro benzene ring substituents is 1. The van der Waals surface area contributed by atoms with Gasteiger partial charge >= 0.3 is 0 Å². The summed E-state index contributed by atoms with van der Waals surface area (Å²) in [5.41, 5.74) is 12.9. The summed E-state index contributed by atoms with van der Waals surface area (Å²) in [6.45, 7) is 0. The van der Waals surface area contributed by atoms with Gasteiger partial charge in [0.2, 0.25) is 5.91 Å². The van der Waals surface area contributed by atoms with Gasteiger partial charge in [-0.3, -0.25) is 14.9 Å². The summed E-state index contributed by atoms with van der Waals surface area (Å²) < 4.78 is 0. The van der Waals surface area contributed by atoms with Crippen LogP contribution in [0.15, 0.2) is 127 Å². The van der Waals surface area contributed by atoms with Crippen molar-refractivity contribution in [3.05, 3.63) is 160 Å². The number of nitrogens with zero attached hydrogens (tertiary/aromatic N) is 1. The Labute approximate surface area is 220 Å². The zero-order valence-corrected chi connectivity index (χ0v) is 20.5. The third-order valence-corrected chi connectivity index (χ3v) is 6.40. The SMILES string of the molecule is NC(=O)c1ccc([N+](=O)[O-])cc1-c1ccc(-c2ccccc2)c(C=C(c2ccccc2)c2ccccc2)c1. The van der Waals surface area contributed by atoms with Crippen LogP contribution in [0.3, 0.4) is 0 Å². The number of hydrogen-bond donors (Lipinski definition) is 1. The maximum Gasteiger partial charge on any atom is 0.270 e. The zero-order valence-electron chi connectivity index (χ0n) is 20.5. The summed E-state index contributed by atoms with van der Waals surface area (Å²) in [7, 11) is 0. The fraction of sp³-hybridized carbons (Fsp3) is 0. The van der Waals surface area contributed by atoms with Crippen molar-refractivity contribution < 1.29 is 9.72 Å². The summed E-state index contributed by atoms with van der Waals surface area (Å²) in [5.74, 6) is -0.645. The van der Waals surface area contributed by atoms with E-state index in [0.717, 1.165) is 33.4 Å². The van der Waals surface area contributed by atoms with E-state index < -0.39 is 10.8 Å². The molecule has 0 fully saturated rings. The number of nitro groups is 1. The summed E-state index contributed by atoms with van der Waals surface area (Å²) in [4.78, 5) is 23.3. The molecule has 5 rings (SSSR count). The van der Waals surface area contributed by atoms with Crippen LogP contribution in [-0.2, 0) is 0 Å². The fourth-order valence-corrected chi connectivity index (χ4v) is 4.55. The van der Waals surface area contributed by atoms with Gasteiger partial charge in [-0.05, 0) is 57.2 Å². The first-order chi connectivity index (χ1) is 18.5. The molecule has 0 spiro atoms. The normalized spacial score (nSPS) is 10.5. The minimum absolute atomic E-state index is 0.108. The lowest BCUT2D eigenvalue weighted by Crippen LogP contribution is -2.12. The van der Waals surface area contributed by atoms with E-state index in [9.17, 15) is 14.9 Å². The molecule has 0 saturated heterocycles. The molecule has 38 heavy (non-hydrogen) atoms. The lowest BCUT2D eigenvalue weighted by atomic mass is 9.89. The van der Waals surface area contributed by atoms with Crippen molar-refractivity contribution in [2.24, 2.45) is 5.73 Å². The molecule has 0 aliphatic carbocycles. The van der Waals surface area contributed by atoms with Crippen LogP contribution >= 0.6 is 0 Å². The highest BCUT2D eigenvalue weighted by molar-refractivity contribution is 6.01. The van der Waals surface area contributed by atoms with E-state index in [0.29, 0.717) is 11.1 Å². The highest BCUT2D eigenvalue weighted by Gasteiger charge is 2.17. The number of non-ortho nitro benzene ring substituents is 1. The smallest absolute Gasteiger partial charge is 0.270 e. The number of hydrogen-bond acceptors (Lipinski definition) is 3. The predicted octanol–water partition coefficient (Wildman–Crippen LogP) is 7.62. The standard InChI is InChI=1S/C33H24N2O3/c34-33(36)30-19-17-28(35(37)38)22-32(30)26-16-18-29(23-10-4-1-5-11-23)27(20-26)21-31(24-12-6-2-7-13-24)25-14-8-3-9-15-25/h1-22H,(H2,34,36). The molecule has 0 aliphatic rings. The van der Waals surface area contributed by atoms with Crippen molar-refractivity contribution in [1.29, 1.82) is 0 Å². The maximum atomic E-state index is 12.2. The zero-order chi connectivity index (χ0) is 26.5. The van der Waals surface area contributed by atoms with Crippen LogP contribution in [0.5, 0.6) is 0 Å². The Morgan fingerprint density at radius 1 is 0.658 bits per heavy atom. The van der Waals surface area contributed by atoms with Crippen LogP contribution in [0, 0.1) is 10.1 Å². The number of rotatable bonds is 7. The van der Waals surface area contributed by atoms with E-state index in [1.165, 1.54) is 18.2 Å². The summed E-state index contributed by atoms with van der Waals surface area (Å²) >= 11 is 0. The van der Waals surface area contributed by atoms with Crippen LogP contribution in [0.1, 0.15) is 27.0 Å². The second kappa shape index (κ2) is 10.8. The first kappa shape index (κ1) is 24.4. The second-order valence-electron chi connectivity index (χ2n) is 8.81. The van der Waals surface area contributed by atoms with Crippen molar-refractivity contribution in [3.8, 4) is 22.3 Å². The topological polar surface area (TPSA) is 86.2 Å². The molecule has 0 heterocycles. The second-order valence-corrected chi connectivity index (χ2v) is 8.81. The van der Waals surface area contributed by atoms with Crippen molar-refractivity contribution in [2.75, 3.05) is 0 Å². The van der Waals surface area contributed by atoms with E-state index in [1.54, 1.807) is 0 Å². The van der Waals surface area contributed by atoms with Crippen LogP contribution in [-0.4, -0.2) is 10.8 Å². The predicted molar refractivity (Wildman–Crippen MR) is 152 cm³/mol. The fourth-order valence-electron chi connectivity index (χ4n) is 4.55. The van der Waals surface area contributed by atoms with Gasteiger partial charge in [0.1, 0.15) is 0 Å². The van der Waals surface area contributed by atoms with Gasteiger partial charge in [-0.15, -0.1) is 0 Å². The summed E-state index contributed by atoms with van der Waals surface area (Å²) in [5, 5.41) is 11.5. The van der Waals surface area contributed by atoms with Crippen molar-refractivity contribution in [3.63, 3.8) is 0 Å². The largest absolute Gasteiger partial charge is 0.366 e. The van der Waals surface area contributed by atoms with E-state index in [2.05, 4.69) is 30.3 Å². The molecular weight excluding hydrogens is 472 g/mol. The Balaban J connectivity index is 1.78. The lowest BCUT2D eigenvalue weighted by Gasteiger charge is -2.15. The molecule has 0 unspecified atom stereocenters. The molecule has 5 aromatic carbocycles. The Morgan fingerprint density at radius 3 is 1.79 bits per heavy atom. The van der Waals surface area contributed by atoms with Gasteiger partial charge < -0.3 is 5.73 Å². The monoisotopic (exact) mass is 496 g/mol. The van der Waals surface area contributed by atoms with Gasteiger partial charge in [0, 0.05) is 23.3 Å². The first-order valence-electron chi connectivity index (χ1n) is 12.1. The minimum Gasteiger partial charge on any atom is -0.366 e. The number of primary amides is 1. The van der Waals surface area contributed by atoms with Crippen molar-refractivity contribution in [1.82, 2.24) is 0 Å². The van der Waals surface area contributed by atoms with Gasteiger partial charge in [0.15, 0.2) is 0 Å². The van der Waals surface area contributed by atoms with Crippen molar-refractivity contribution >= 4 is 23.2 Å². The van der Waals surface area contributed by atoms with Gasteiger partial charge in [0.05, 0.1) is 4.92 Å². The molecule has 5 nitrogen and oxygen atoms in total. The summed E-state index contributed by atoms with van der Waals surface area (Å²) in [6, 6.07) is 40.2. The number of carbonyl (C=O) groups is 1. The molecule has 0 aliphatic heterocycles. The number of nitrogens with two attached hydrogens (primary N) is 1. The lowest BCUT2D eigenvalue weighted by molar-refractivity contribution is -0.384. The average Bonchev–Trinajstić information content (AvgIpc) is 2.96. The van der Waals surface area contributed by atoms with Gasteiger partial charge in [0.25, 0.3) is 5.69 Å².